The maximum Gasteiger partial charge on any atom is 0.321 e. The number of nitrogens with one attached hydrogen (secondary N) is 1. The Morgan fingerprint density at radius 2 is 2.05 bits per heavy atom. The fourth-order valence-corrected chi connectivity index (χ4v) is 2.04. The first-order valence-electron chi connectivity index (χ1n) is 6.90. The molecule has 0 fully saturated rings. The molecule has 5 heteroatoms. The third-order valence-corrected chi connectivity index (χ3v) is 3.40. The summed E-state index contributed by atoms with van der Waals surface area (Å²) in [7, 11) is 0. The van der Waals surface area contributed by atoms with E-state index in [9.17, 15) is 4.79 Å². The maximum absolute atomic E-state index is 12.4. The lowest BCUT2D eigenvalue weighted by Crippen LogP contribution is -2.44. The number of urea groups is 1. The molecule has 0 saturated carbocycles. The van der Waals surface area contributed by atoms with Crippen LogP contribution in [0.3, 0.4) is 0 Å². The number of hydrogen-bond donors (Lipinski definition) is 2. The monoisotopic (exact) mass is 297 g/mol. The highest BCUT2D eigenvalue weighted by molar-refractivity contribution is 6.33. The summed E-state index contributed by atoms with van der Waals surface area (Å²) >= 11 is 6.06. The smallest absolute Gasteiger partial charge is 0.321 e. The van der Waals surface area contributed by atoms with Crippen molar-refractivity contribution < 1.29 is 4.79 Å². The molecule has 2 amide bonds. The van der Waals surface area contributed by atoms with Gasteiger partial charge in [-0.1, -0.05) is 44.5 Å². The van der Waals surface area contributed by atoms with Crippen LogP contribution in [-0.4, -0.2) is 30.6 Å². The first-order valence-corrected chi connectivity index (χ1v) is 7.28. The Kier molecular flexibility index (Phi) is 6.30. The number of nitrogens with zero attached hydrogens (tertiary/aromatic N) is 1. The van der Waals surface area contributed by atoms with Gasteiger partial charge in [-0.3, -0.25) is 0 Å². The van der Waals surface area contributed by atoms with Crippen LogP contribution in [0.4, 0.5) is 10.5 Å². The average Bonchev–Trinajstić information content (AvgIpc) is 2.40. The van der Waals surface area contributed by atoms with Crippen LogP contribution in [0.25, 0.3) is 0 Å². The highest BCUT2D eigenvalue weighted by Crippen LogP contribution is 2.22. The van der Waals surface area contributed by atoms with Gasteiger partial charge in [0.15, 0.2) is 0 Å². The van der Waals surface area contributed by atoms with Gasteiger partial charge in [-0.2, -0.15) is 0 Å². The van der Waals surface area contributed by atoms with Crippen molar-refractivity contribution in [2.24, 2.45) is 11.1 Å². The third-order valence-electron chi connectivity index (χ3n) is 3.07. The van der Waals surface area contributed by atoms with Gasteiger partial charge in [0.25, 0.3) is 0 Å². The quantitative estimate of drug-likeness (QED) is 0.843. The van der Waals surface area contributed by atoms with Crippen LogP contribution < -0.4 is 11.1 Å². The number of benzene rings is 1. The molecule has 0 atom stereocenters. The minimum atomic E-state index is -0.138. The van der Waals surface area contributed by atoms with Crippen LogP contribution in [0.15, 0.2) is 24.3 Å². The van der Waals surface area contributed by atoms with Crippen molar-refractivity contribution in [1.82, 2.24) is 4.90 Å². The zero-order chi connectivity index (χ0) is 15.2. The van der Waals surface area contributed by atoms with Crippen molar-refractivity contribution in [2.45, 2.75) is 27.2 Å². The number of para-hydroxylation sites is 1. The third kappa shape index (κ3) is 5.02. The molecule has 0 aliphatic heterocycles. The highest BCUT2D eigenvalue weighted by atomic mass is 35.5. The Morgan fingerprint density at radius 1 is 1.40 bits per heavy atom. The standard InChI is InChI=1S/C15H24ClN3O/c1-4-9-19(11-15(2,3)10-17)14(20)18-13-8-6-5-7-12(13)16/h5-8H,4,9-11,17H2,1-3H3,(H,18,20). The van der Waals surface area contributed by atoms with Crippen molar-refractivity contribution in [3.63, 3.8) is 0 Å². The summed E-state index contributed by atoms with van der Waals surface area (Å²) in [6, 6.07) is 7.08. The molecule has 3 N–H and O–H groups in total. The molecule has 1 rings (SSSR count). The highest BCUT2D eigenvalue weighted by Gasteiger charge is 2.23. The van der Waals surface area contributed by atoms with Crippen LogP contribution in [-0.2, 0) is 0 Å². The molecular formula is C15H24ClN3O. The van der Waals surface area contributed by atoms with E-state index in [0.717, 1.165) is 6.42 Å². The summed E-state index contributed by atoms with van der Waals surface area (Å²) in [6.07, 6.45) is 0.899. The number of nitrogens with two attached hydrogens (primary N) is 1. The number of hydrogen-bond acceptors (Lipinski definition) is 2. The first kappa shape index (κ1) is 16.8. The number of carbonyl (C=O) groups is 1. The Labute approximate surface area is 126 Å². The molecule has 0 saturated heterocycles. The molecule has 20 heavy (non-hydrogen) atoms. The lowest BCUT2D eigenvalue weighted by atomic mass is 9.93. The van der Waals surface area contributed by atoms with E-state index in [1.165, 1.54) is 0 Å². The average molecular weight is 298 g/mol. The van der Waals surface area contributed by atoms with Gasteiger partial charge in [0.2, 0.25) is 0 Å². The number of amides is 2. The summed E-state index contributed by atoms with van der Waals surface area (Å²) in [5.41, 5.74) is 6.27. The molecule has 0 spiro atoms. The summed E-state index contributed by atoms with van der Waals surface area (Å²) in [5.74, 6) is 0. The van der Waals surface area contributed by atoms with Crippen LogP contribution in [0.2, 0.25) is 5.02 Å². The lowest BCUT2D eigenvalue weighted by molar-refractivity contribution is 0.181. The molecule has 0 aromatic heterocycles. The zero-order valence-corrected chi connectivity index (χ0v) is 13.2. The van der Waals surface area contributed by atoms with E-state index < -0.39 is 0 Å². The van der Waals surface area contributed by atoms with Crippen LogP contribution in [0.1, 0.15) is 27.2 Å². The molecule has 0 bridgehead atoms. The second-order valence-electron chi connectivity index (χ2n) is 5.70. The van der Waals surface area contributed by atoms with E-state index in [1.54, 1.807) is 17.0 Å². The molecule has 0 aliphatic carbocycles. The van der Waals surface area contributed by atoms with Gasteiger partial charge < -0.3 is 16.0 Å². The molecular weight excluding hydrogens is 274 g/mol. The molecule has 0 unspecified atom stereocenters. The summed E-state index contributed by atoms with van der Waals surface area (Å²) < 4.78 is 0. The fourth-order valence-electron chi connectivity index (χ4n) is 1.86. The van der Waals surface area contributed by atoms with Crippen molar-refractivity contribution in [3.8, 4) is 0 Å². The predicted molar refractivity (Wildman–Crippen MR) is 85.2 cm³/mol. The van der Waals surface area contributed by atoms with Gasteiger partial charge in [0, 0.05) is 13.1 Å². The van der Waals surface area contributed by atoms with E-state index in [1.807, 2.05) is 19.1 Å². The van der Waals surface area contributed by atoms with E-state index in [-0.39, 0.29) is 11.4 Å². The second-order valence-corrected chi connectivity index (χ2v) is 6.11. The number of rotatable bonds is 6. The van der Waals surface area contributed by atoms with Gasteiger partial charge >= 0.3 is 6.03 Å². The van der Waals surface area contributed by atoms with Crippen molar-refractivity contribution in [2.75, 3.05) is 25.0 Å². The van der Waals surface area contributed by atoms with E-state index in [2.05, 4.69) is 19.2 Å². The van der Waals surface area contributed by atoms with Crippen molar-refractivity contribution in [3.05, 3.63) is 29.3 Å². The Morgan fingerprint density at radius 3 is 2.60 bits per heavy atom. The Hall–Kier alpha value is -1.26. The molecule has 0 radical (unpaired) electrons. The number of anilines is 1. The predicted octanol–water partition coefficient (Wildman–Crippen LogP) is 3.57. The first-order chi connectivity index (χ1) is 9.39. The van der Waals surface area contributed by atoms with E-state index in [4.69, 9.17) is 17.3 Å². The minimum Gasteiger partial charge on any atom is -0.330 e. The molecule has 1 aromatic carbocycles. The molecule has 4 nitrogen and oxygen atoms in total. The van der Waals surface area contributed by atoms with Gasteiger partial charge in [-0.05, 0) is 30.5 Å². The molecule has 0 heterocycles. The van der Waals surface area contributed by atoms with Crippen molar-refractivity contribution in [1.29, 1.82) is 0 Å². The van der Waals surface area contributed by atoms with Gasteiger partial charge in [0.1, 0.15) is 0 Å². The summed E-state index contributed by atoms with van der Waals surface area (Å²) in [5, 5.41) is 3.39. The Balaban J connectivity index is 2.77. The van der Waals surface area contributed by atoms with Gasteiger partial charge in [-0.15, -0.1) is 0 Å². The van der Waals surface area contributed by atoms with Crippen LogP contribution in [0, 0.1) is 5.41 Å². The SMILES string of the molecule is CCCN(CC(C)(C)CN)C(=O)Nc1ccccc1Cl. The number of carbonyl (C=O) groups excluding carboxylic acids is 1. The van der Waals surface area contributed by atoms with E-state index in [0.29, 0.717) is 30.3 Å². The Bertz CT molecular complexity index is 448. The molecule has 0 aliphatic rings. The minimum absolute atomic E-state index is 0.104. The second kappa shape index (κ2) is 7.50. The van der Waals surface area contributed by atoms with Gasteiger partial charge in [-0.25, -0.2) is 4.79 Å². The van der Waals surface area contributed by atoms with Gasteiger partial charge in [0.05, 0.1) is 10.7 Å². The summed E-state index contributed by atoms with van der Waals surface area (Å²) in [4.78, 5) is 14.2. The van der Waals surface area contributed by atoms with Crippen molar-refractivity contribution >= 4 is 23.3 Å². The number of halogens is 1. The van der Waals surface area contributed by atoms with Crippen LogP contribution in [0.5, 0.6) is 0 Å². The topological polar surface area (TPSA) is 58.4 Å². The molecule has 1 aromatic rings. The molecule has 112 valence electrons. The lowest BCUT2D eigenvalue weighted by Gasteiger charge is -2.31. The normalized spacial score (nSPS) is 11.2. The largest absolute Gasteiger partial charge is 0.330 e. The fraction of sp³-hybridized carbons (Fsp3) is 0.533. The van der Waals surface area contributed by atoms with Crippen LogP contribution >= 0.6 is 11.6 Å². The summed E-state index contributed by atoms with van der Waals surface area (Å²) in [6.45, 7) is 8.00. The zero-order valence-electron chi connectivity index (χ0n) is 12.4. The maximum atomic E-state index is 12.4. The van der Waals surface area contributed by atoms with E-state index >= 15 is 0 Å².